The van der Waals surface area contributed by atoms with E-state index in [0.29, 0.717) is 26.0 Å². The van der Waals surface area contributed by atoms with Gasteiger partial charge in [0.2, 0.25) is 5.91 Å². The van der Waals surface area contributed by atoms with Crippen molar-refractivity contribution in [2.24, 2.45) is 5.92 Å². The number of ether oxygens (including phenoxy) is 2. The topological polar surface area (TPSA) is 129 Å². The van der Waals surface area contributed by atoms with Crippen molar-refractivity contribution in [1.29, 1.82) is 0 Å². The lowest BCUT2D eigenvalue weighted by Gasteiger charge is -2.21. The van der Waals surface area contributed by atoms with Crippen LogP contribution in [0.25, 0.3) is 16.8 Å². The Morgan fingerprint density at radius 1 is 1.15 bits per heavy atom. The molecule has 248 valence electrons. The summed E-state index contributed by atoms with van der Waals surface area (Å²) in [6, 6.07) is 8.02. The monoisotopic (exact) mass is 676 g/mol. The second-order valence-electron chi connectivity index (χ2n) is 10.8. The van der Waals surface area contributed by atoms with Gasteiger partial charge in [0.1, 0.15) is 17.6 Å². The van der Waals surface area contributed by atoms with E-state index in [2.05, 4.69) is 20.9 Å². The first-order valence-corrected chi connectivity index (χ1v) is 14.8. The number of carbonyl (C=O) groups excluding carboxylic acids is 2. The highest BCUT2D eigenvalue weighted by Gasteiger charge is 2.35. The van der Waals surface area contributed by atoms with Crippen molar-refractivity contribution in [2.75, 3.05) is 32.2 Å². The number of hydrogen-bond acceptors (Lipinski definition) is 7. The van der Waals surface area contributed by atoms with Crippen LogP contribution in [0.4, 0.5) is 23.2 Å². The Bertz CT molecular complexity index is 1850. The molecular formula is C31H29ClF4N6O5. The molecule has 2 amide bonds. The number of pyridine rings is 1. The Labute approximate surface area is 270 Å². The molecule has 1 unspecified atom stereocenters. The van der Waals surface area contributed by atoms with E-state index in [0.717, 1.165) is 27.8 Å². The lowest BCUT2D eigenvalue weighted by molar-refractivity contribution is -0.141. The number of rotatable bonds is 10. The number of halogens is 5. The molecule has 1 aliphatic rings. The molecule has 0 saturated carbocycles. The van der Waals surface area contributed by atoms with E-state index < -0.39 is 41.1 Å². The summed E-state index contributed by atoms with van der Waals surface area (Å²) < 4.78 is 67.3. The average molecular weight is 677 g/mol. The van der Waals surface area contributed by atoms with E-state index in [9.17, 15) is 31.9 Å². The number of carbonyl (C=O) groups is 2. The van der Waals surface area contributed by atoms with Crippen molar-refractivity contribution in [3.8, 4) is 22.6 Å². The highest BCUT2D eigenvalue weighted by Crippen LogP contribution is 2.36. The summed E-state index contributed by atoms with van der Waals surface area (Å²) >= 11 is 6.21. The van der Waals surface area contributed by atoms with Gasteiger partial charge in [0.15, 0.2) is 5.69 Å². The lowest BCUT2D eigenvalue weighted by atomic mass is 10.0. The number of hydrogen-bond donors (Lipinski definition) is 2. The Morgan fingerprint density at radius 3 is 2.57 bits per heavy atom. The summed E-state index contributed by atoms with van der Waals surface area (Å²) in [6.07, 6.45) is -1.79. The molecule has 1 fully saturated rings. The van der Waals surface area contributed by atoms with Crippen LogP contribution in [0, 0.1) is 11.7 Å². The lowest BCUT2D eigenvalue weighted by Crippen LogP contribution is -2.33. The maximum Gasteiger partial charge on any atom is 0.436 e. The van der Waals surface area contributed by atoms with E-state index in [1.54, 1.807) is 6.92 Å². The maximum absolute atomic E-state index is 14.9. The Morgan fingerprint density at radius 2 is 1.94 bits per heavy atom. The fourth-order valence-corrected chi connectivity index (χ4v) is 5.34. The molecule has 2 aromatic carbocycles. The molecule has 47 heavy (non-hydrogen) atoms. The first-order chi connectivity index (χ1) is 22.4. The highest BCUT2D eigenvalue weighted by atomic mass is 35.5. The molecule has 3 heterocycles. The minimum absolute atomic E-state index is 0.0676. The number of amides is 2. The van der Waals surface area contributed by atoms with Crippen LogP contribution in [0.2, 0.25) is 5.02 Å². The van der Waals surface area contributed by atoms with Crippen molar-refractivity contribution in [2.45, 2.75) is 32.0 Å². The zero-order valence-corrected chi connectivity index (χ0v) is 25.9. The van der Waals surface area contributed by atoms with E-state index in [1.807, 2.05) is 0 Å². The minimum Gasteiger partial charge on any atom is -0.495 e. The zero-order chi connectivity index (χ0) is 33.9. The molecule has 11 nitrogen and oxygen atoms in total. The van der Waals surface area contributed by atoms with Gasteiger partial charge in [-0.25, -0.2) is 9.07 Å². The number of anilines is 1. The van der Waals surface area contributed by atoms with Gasteiger partial charge in [0, 0.05) is 47.0 Å². The fourth-order valence-electron chi connectivity index (χ4n) is 5.17. The van der Waals surface area contributed by atoms with Gasteiger partial charge in [0.25, 0.3) is 11.5 Å². The van der Waals surface area contributed by atoms with Crippen LogP contribution in [0.15, 0.2) is 59.7 Å². The SMILES string of the molecule is CC[C@@H](C(=O)Nc1ccc(C(=O)NCC2CCOC2)c(F)c1)n1cc(OC)c(-c2cc(Cl)ccc2-n2cc(C(F)(F)F)nn2)cc1=O. The van der Waals surface area contributed by atoms with E-state index in [1.165, 1.54) is 43.6 Å². The summed E-state index contributed by atoms with van der Waals surface area (Å²) in [5.74, 6) is -1.82. The van der Waals surface area contributed by atoms with Gasteiger partial charge in [-0.1, -0.05) is 23.7 Å². The average Bonchev–Trinajstić information content (AvgIpc) is 3.74. The molecule has 0 radical (unpaired) electrons. The first kappa shape index (κ1) is 33.6. The smallest absolute Gasteiger partial charge is 0.436 e. The number of alkyl halides is 3. The number of methoxy groups -OCH3 is 1. The second-order valence-corrected chi connectivity index (χ2v) is 11.2. The summed E-state index contributed by atoms with van der Waals surface area (Å²) in [6.45, 7) is 3.16. The number of aromatic nitrogens is 4. The molecule has 2 atom stereocenters. The molecule has 0 bridgehead atoms. The molecule has 4 aromatic rings. The molecule has 1 saturated heterocycles. The molecule has 2 aromatic heterocycles. The third-order valence-electron chi connectivity index (χ3n) is 7.63. The maximum atomic E-state index is 14.9. The highest BCUT2D eigenvalue weighted by molar-refractivity contribution is 6.31. The second kappa shape index (κ2) is 13.9. The van der Waals surface area contributed by atoms with Crippen LogP contribution >= 0.6 is 11.6 Å². The van der Waals surface area contributed by atoms with Gasteiger partial charge in [0.05, 0.1) is 37.4 Å². The first-order valence-electron chi connectivity index (χ1n) is 14.5. The molecule has 1 aliphatic heterocycles. The summed E-state index contributed by atoms with van der Waals surface area (Å²) in [4.78, 5) is 39.3. The number of nitrogens with zero attached hydrogens (tertiary/aromatic N) is 4. The summed E-state index contributed by atoms with van der Waals surface area (Å²) in [7, 11) is 1.32. The number of benzene rings is 2. The number of nitrogens with one attached hydrogen (secondary N) is 2. The largest absolute Gasteiger partial charge is 0.495 e. The third kappa shape index (κ3) is 7.46. The molecule has 0 aliphatic carbocycles. The Kier molecular flexibility index (Phi) is 9.96. The predicted molar refractivity (Wildman–Crippen MR) is 163 cm³/mol. The van der Waals surface area contributed by atoms with Gasteiger partial charge in [-0.05, 0) is 49.2 Å². The van der Waals surface area contributed by atoms with E-state index in [-0.39, 0.29) is 51.2 Å². The zero-order valence-electron chi connectivity index (χ0n) is 25.1. The standard InChI is InChI=1S/C31H29ClF4N6O5/c1-3-24(30(45)38-19-5-6-20(23(33)11-19)29(44)37-13-17-8-9-47-16-17)41-14-26(46-2)22(12-28(41)43)21-10-18(32)4-7-25(21)42-15-27(39-40-42)31(34,35)36/h4-7,10-12,14-15,17,24H,3,8-9,13,16H2,1-2H3,(H,37,44)(H,38,45)/t17?,24-/m0/s1. The minimum atomic E-state index is -4.73. The van der Waals surface area contributed by atoms with Crippen molar-refractivity contribution in [1.82, 2.24) is 24.9 Å². The fraction of sp³-hybridized carbons (Fsp3) is 0.323. The van der Waals surface area contributed by atoms with Gasteiger partial charge in [-0.15, -0.1) is 5.10 Å². The van der Waals surface area contributed by atoms with Gasteiger partial charge in [-0.2, -0.15) is 13.2 Å². The van der Waals surface area contributed by atoms with Gasteiger partial charge < -0.3 is 20.1 Å². The van der Waals surface area contributed by atoms with Crippen LogP contribution < -0.4 is 20.9 Å². The van der Waals surface area contributed by atoms with Crippen LogP contribution in [-0.2, 0) is 15.7 Å². The Hall–Kier alpha value is -4.76. The quantitative estimate of drug-likeness (QED) is 0.219. The predicted octanol–water partition coefficient (Wildman–Crippen LogP) is 5.27. The van der Waals surface area contributed by atoms with Gasteiger partial charge >= 0.3 is 6.18 Å². The molecule has 2 N–H and O–H groups in total. The summed E-state index contributed by atoms with van der Waals surface area (Å²) in [5.41, 5.74) is -1.47. The third-order valence-corrected chi connectivity index (χ3v) is 7.86. The molecule has 16 heteroatoms. The van der Waals surface area contributed by atoms with Crippen LogP contribution in [0.1, 0.15) is 41.9 Å². The summed E-state index contributed by atoms with van der Waals surface area (Å²) in [5, 5.41) is 12.3. The van der Waals surface area contributed by atoms with Gasteiger partial charge in [-0.3, -0.25) is 19.0 Å². The van der Waals surface area contributed by atoms with Crippen LogP contribution in [0.3, 0.4) is 0 Å². The normalized spacial score (nSPS) is 15.3. The van der Waals surface area contributed by atoms with Crippen LogP contribution in [0.5, 0.6) is 5.75 Å². The van der Waals surface area contributed by atoms with Crippen molar-refractivity contribution in [3.63, 3.8) is 0 Å². The van der Waals surface area contributed by atoms with E-state index in [4.69, 9.17) is 21.1 Å². The Balaban J connectivity index is 1.39. The van der Waals surface area contributed by atoms with Crippen molar-refractivity contribution >= 4 is 29.1 Å². The molecular weight excluding hydrogens is 648 g/mol. The molecule has 5 rings (SSSR count). The van der Waals surface area contributed by atoms with Crippen molar-refractivity contribution in [3.05, 3.63) is 87.3 Å². The van der Waals surface area contributed by atoms with E-state index >= 15 is 0 Å². The van der Waals surface area contributed by atoms with Crippen molar-refractivity contribution < 1.29 is 36.6 Å². The molecule has 0 spiro atoms. The van der Waals surface area contributed by atoms with Crippen LogP contribution in [-0.4, -0.2) is 58.2 Å².